The van der Waals surface area contributed by atoms with Gasteiger partial charge in [0.05, 0.1) is 24.5 Å². The van der Waals surface area contributed by atoms with E-state index in [1.807, 2.05) is 0 Å². The Hall–Kier alpha value is -2.46. The summed E-state index contributed by atoms with van der Waals surface area (Å²) in [6, 6.07) is 1.77. The van der Waals surface area contributed by atoms with Gasteiger partial charge in [0.15, 0.2) is 6.23 Å². The van der Waals surface area contributed by atoms with Crippen LogP contribution in [0.3, 0.4) is 0 Å². The fraction of sp³-hybridized carbons (Fsp3) is 0.375. The molecule has 3 aromatic rings. The summed E-state index contributed by atoms with van der Waals surface area (Å²) in [5.41, 5.74) is 6.32. The lowest BCUT2D eigenvalue weighted by atomic mass is 9.96. The number of aliphatic hydroxyl groups is 3. The zero-order chi connectivity index (χ0) is 17.8. The predicted molar refractivity (Wildman–Crippen MR) is 87.3 cm³/mol. The van der Waals surface area contributed by atoms with Gasteiger partial charge in [-0.2, -0.15) is 0 Å². The van der Waals surface area contributed by atoms with Gasteiger partial charge < -0.3 is 34.8 Å². The molecule has 1 aliphatic heterocycles. The molecule has 9 heteroatoms. The predicted octanol–water partition coefficient (Wildman–Crippen LogP) is 0.275. The van der Waals surface area contributed by atoms with Gasteiger partial charge in [-0.25, -0.2) is 9.97 Å². The van der Waals surface area contributed by atoms with Crippen LogP contribution in [-0.4, -0.2) is 54.3 Å². The number of nitrogen functional groups attached to an aromatic ring is 1. The summed E-state index contributed by atoms with van der Waals surface area (Å²) in [7, 11) is 0. The number of ether oxygens (including phenoxy) is 1. The summed E-state index contributed by atoms with van der Waals surface area (Å²) in [6.07, 6.45) is 3.00. The van der Waals surface area contributed by atoms with Crippen molar-refractivity contribution >= 4 is 16.9 Å². The Bertz CT molecular complexity index is 905. The first-order valence-corrected chi connectivity index (χ1v) is 7.75. The van der Waals surface area contributed by atoms with Crippen molar-refractivity contribution in [3.8, 4) is 11.1 Å². The van der Waals surface area contributed by atoms with Crippen molar-refractivity contribution in [1.82, 2.24) is 14.5 Å². The maximum atomic E-state index is 10.7. The van der Waals surface area contributed by atoms with Crippen LogP contribution in [0.25, 0.3) is 22.2 Å². The van der Waals surface area contributed by atoms with Gasteiger partial charge in [0, 0.05) is 17.3 Å². The summed E-state index contributed by atoms with van der Waals surface area (Å²) < 4.78 is 12.4. The summed E-state index contributed by atoms with van der Waals surface area (Å²) in [5, 5.41) is 31.0. The van der Waals surface area contributed by atoms with Crippen molar-refractivity contribution in [1.29, 1.82) is 0 Å². The molecule has 0 aliphatic carbocycles. The molecule has 2 unspecified atom stereocenters. The molecule has 0 saturated carbocycles. The molecular formula is C16H18N4O5. The lowest BCUT2D eigenvalue weighted by Gasteiger charge is -2.27. The number of rotatable bonds is 3. The molecular weight excluding hydrogens is 328 g/mol. The van der Waals surface area contributed by atoms with Crippen molar-refractivity contribution in [2.75, 3.05) is 12.3 Å². The minimum atomic E-state index is -1.63. The number of furan rings is 1. The highest BCUT2D eigenvalue weighted by atomic mass is 16.6. The van der Waals surface area contributed by atoms with E-state index in [0.717, 1.165) is 5.56 Å². The van der Waals surface area contributed by atoms with Crippen LogP contribution in [0.15, 0.2) is 35.5 Å². The smallest absolute Gasteiger partial charge is 0.167 e. The first-order chi connectivity index (χ1) is 11.9. The van der Waals surface area contributed by atoms with Crippen LogP contribution < -0.4 is 5.73 Å². The molecule has 0 radical (unpaired) electrons. The molecule has 0 spiro atoms. The fourth-order valence-corrected chi connectivity index (χ4v) is 3.31. The van der Waals surface area contributed by atoms with Gasteiger partial charge in [-0.15, -0.1) is 0 Å². The van der Waals surface area contributed by atoms with E-state index in [0.29, 0.717) is 16.6 Å². The zero-order valence-corrected chi connectivity index (χ0v) is 13.4. The van der Waals surface area contributed by atoms with Crippen molar-refractivity contribution in [2.45, 2.75) is 31.0 Å². The van der Waals surface area contributed by atoms with Gasteiger partial charge in [-0.05, 0) is 13.0 Å². The first kappa shape index (κ1) is 16.0. The van der Waals surface area contributed by atoms with E-state index < -0.39 is 30.6 Å². The number of fused-ring (bicyclic) bond motifs is 1. The molecule has 132 valence electrons. The summed E-state index contributed by atoms with van der Waals surface area (Å²) in [6.45, 7) is 1.03. The molecule has 3 aromatic heterocycles. The van der Waals surface area contributed by atoms with E-state index in [2.05, 4.69) is 9.97 Å². The maximum absolute atomic E-state index is 10.7. The molecule has 4 atom stereocenters. The van der Waals surface area contributed by atoms with Gasteiger partial charge >= 0.3 is 0 Å². The van der Waals surface area contributed by atoms with Gasteiger partial charge in [0.2, 0.25) is 0 Å². The highest BCUT2D eigenvalue weighted by Gasteiger charge is 2.53. The standard InChI is InChI=1S/C16H18N4O5/c1-16(23)12(22)10(5-21)25-15(16)20-4-9(8-2-3-24-6-8)11-13(17)18-7-19-14(11)20/h2-4,6-7,10,12,15,21-23H,5H2,1H3,(H2,17,18,19)/t10-,12?,15-,16?/m1/s1. The number of hydrogen-bond donors (Lipinski definition) is 4. The molecule has 1 aliphatic rings. The third-order valence-electron chi connectivity index (χ3n) is 4.66. The minimum Gasteiger partial charge on any atom is -0.472 e. The number of anilines is 1. The Kier molecular flexibility index (Phi) is 3.55. The van der Waals surface area contributed by atoms with Crippen molar-refractivity contribution in [3.05, 3.63) is 31.1 Å². The van der Waals surface area contributed by atoms with E-state index >= 15 is 0 Å². The lowest BCUT2D eigenvalue weighted by Crippen LogP contribution is -2.44. The topological polar surface area (TPSA) is 140 Å². The number of nitrogens with two attached hydrogens (primary N) is 1. The maximum Gasteiger partial charge on any atom is 0.167 e. The van der Waals surface area contributed by atoms with E-state index in [1.165, 1.54) is 19.5 Å². The van der Waals surface area contributed by atoms with Crippen LogP contribution in [0.2, 0.25) is 0 Å². The molecule has 0 amide bonds. The Morgan fingerprint density at radius 1 is 1.40 bits per heavy atom. The summed E-state index contributed by atoms with van der Waals surface area (Å²) in [4.78, 5) is 8.29. The van der Waals surface area contributed by atoms with Gasteiger partial charge in [0.1, 0.15) is 35.6 Å². The first-order valence-electron chi connectivity index (χ1n) is 7.75. The minimum absolute atomic E-state index is 0.275. The SMILES string of the molecule is CC1(O)C(O)[C@@H](CO)O[C@H]1n1cc(-c2ccoc2)c2c(N)ncnc21. The molecule has 25 heavy (non-hydrogen) atoms. The highest BCUT2D eigenvalue weighted by molar-refractivity contribution is 6.00. The van der Waals surface area contributed by atoms with Gasteiger partial charge in [0.25, 0.3) is 0 Å². The molecule has 1 fully saturated rings. The molecule has 4 rings (SSSR count). The van der Waals surface area contributed by atoms with E-state index in [1.54, 1.807) is 23.1 Å². The van der Waals surface area contributed by atoms with Crippen molar-refractivity contribution < 1.29 is 24.5 Å². The van der Waals surface area contributed by atoms with Crippen LogP contribution >= 0.6 is 0 Å². The third-order valence-corrected chi connectivity index (χ3v) is 4.66. The average Bonchev–Trinajstić information content (AvgIpc) is 3.27. The molecule has 0 aromatic carbocycles. The van der Waals surface area contributed by atoms with Crippen molar-refractivity contribution in [3.63, 3.8) is 0 Å². The Balaban J connectivity index is 1.93. The Morgan fingerprint density at radius 3 is 2.84 bits per heavy atom. The number of hydrogen-bond acceptors (Lipinski definition) is 8. The Labute approximate surface area is 142 Å². The summed E-state index contributed by atoms with van der Waals surface area (Å²) >= 11 is 0. The molecule has 9 nitrogen and oxygen atoms in total. The normalized spacial score (nSPS) is 29.5. The number of aromatic nitrogens is 3. The molecule has 5 N–H and O–H groups in total. The highest BCUT2D eigenvalue weighted by Crippen LogP contribution is 2.42. The third kappa shape index (κ3) is 2.24. The monoisotopic (exact) mass is 346 g/mol. The molecule has 1 saturated heterocycles. The van der Waals surface area contributed by atoms with Crippen molar-refractivity contribution in [2.24, 2.45) is 0 Å². The molecule has 4 heterocycles. The van der Waals surface area contributed by atoms with Gasteiger partial charge in [-0.3, -0.25) is 0 Å². The molecule has 0 bridgehead atoms. The number of aliphatic hydroxyl groups excluding tert-OH is 2. The van der Waals surface area contributed by atoms with Crippen LogP contribution in [0.4, 0.5) is 5.82 Å². The van der Waals surface area contributed by atoms with Crippen LogP contribution in [-0.2, 0) is 4.74 Å². The second-order valence-corrected chi connectivity index (χ2v) is 6.30. The van der Waals surface area contributed by atoms with Crippen LogP contribution in [0.1, 0.15) is 13.2 Å². The van der Waals surface area contributed by atoms with Crippen LogP contribution in [0.5, 0.6) is 0 Å². The van der Waals surface area contributed by atoms with Crippen LogP contribution in [0, 0.1) is 0 Å². The van der Waals surface area contributed by atoms with Gasteiger partial charge in [-0.1, -0.05) is 0 Å². The lowest BCUT2D eigenvalue weighted by molar-refractivity contribution is -0.0948. The fourth-order valence-electron chi connectivity index (χ4n) is 3.31. The largest absolute Gasteiger partial charge is 0.472 e. The van der Waals surface area contributed by atoms with E-state index in [4.69, 9.17) is 14.9 Å². The zero-order valence-electron chi connectivity index (χ0n) is 13.4. The second kappa shape index (κ2) is 5.53. The van der Waals surface area contributed by atoms with E-state index in [-0.39, 0.29) is 5.82 Å². The Morgan fingerprint density at radius 2 is 2.20 bits per heavy atom. The number of nitrogens with zero attached hydrogens (tertiary/aromatic N) is 3. The van der Waals surface area contributed by atoms with E-state index in [9.17, 15) is 15.3 Å². The summed E-state index contributed by atoms with van der Waals surface area (Å²) in [5.74, 6) is 0.275. The average molecular weight is 346 g/mol. The second-order valence-electron chi connectivity index (χ2n) is 6.30. The quantitative estimate of drug-likeness (QED) is 0.530.